The van der Waals surface area contributed by atoms with Gasteiger partial charge in [0.25, 0.3) is 0 Å². The molecule has 1 aliphatic rings. The number of nitrogens with one attached hydrogen (secondary N) is 2. The Morgan fingerprint density at radius 2 is 2.16 bits per heavy atom. The van der Waals surface area contributed by atoms with E-state index in [0.29, 0.717) is 37.1 Å². The number of nitrogens with zero attached hydrogens (tertiary/aromatic N) is 2. The molecule has 1 aliphatic heterocycles. The number of carbonyl (C=O) groups is 1. The van der Waals surface area contributed by atoms with Crippen LogP contribution in [0.3, 0.4) is 0 Å². The molecule has 3 rings (SSSR count). The van der Waals surface area contributed by atoms with Crippen LogP contribution in [-0.2, 0) is 9.53 Å². The minimum Gasteiger partial charge on any atom is -0.424 e. The third-order valence-electron chi connectivity index (χ3n) is 3.55. The van der Waals surface area contributed by atoms with Gasteiger partial charge in [0.2, 0.25) is 5.91 Å². The Bertz CT molecular complexity index is 691. The number of anilines is 1. The first-order chi connectivity index (χ1) is 11.7. The number of aryl methyl sites for hydroxylation is 1. The first-order valence-corrected chi connectivity index (χ1v) is 7.87. The minimum absolute atomic E-state index is 0. The van der Waals surface area contributed by atoms with Crippen LogP contribution >= 0.6 is 12.4 Å². The van der Waals surface area contributed by atoms with E-state index in [2.05, 4.69) is 20.6 Å². The van der Waals surface area contributed by atoms with E-state index < -0.39 is 0 Å². The van der Waals surface area contributed by atoms with Crippen LogP contribution in [0.1, 0.15) is 12.1 Å². The fourth-order valence-corrected chi connectivity index (χ4v) is 2.37. The molecule has 1 unspecified atom stereocenters. The summed E-state index contributed by atoms with van der Waals surface area (Å²) < 4.78 is 10.9. The predicted octanol–water partition coefficient (Wildman–Crippen LogP) is 2.32. The number of benzene rings is 1. The summed E-state index contributed by atoms with van der Waals surface area (Å²) in [7, 11) is 0. The minimum atomic E-state index is -0.0475. The summed E-state index contributed by atoms with van der Waals surface area (Å²) >= 11 is 0. The highest BCUT2D eigenvalue weighted by Crippen LogP contribution is 2.20. The van der Waals surface area contributed by atoms with Crippen LogP contribution < -0.4 is 15.4 Å². The Morgan fingerprint density at radius 3 is 2.84 bits per heavy atom. The van der Waals surface area contributed by atoms with Crippen LogP contribution in [-0.4, -0.2) is 41.7 Å². The fraction of sp³-hybridized carbons (Fsp3) is 0.353. The highest BCUT2D eigenvalue weighted by molar-refractivity contribution is 5.91. The standard InChI is InChI=1S/C17H20N4O3.ClH/c1-12-6-7-19-17(20-12)24-15-4-2-13(3-5-15)21-16(22)10-14-11-23-9-8-18-14;/h2-7,14,18H,8-11H2,1H3,(H,21,22);1H. The average molecular weight is 365 g/mol. The maximum Gasteiger partial charge on any atom is 0.322 e. The van der Waals surface area contributed by atoms with E-state index in [4.69, 9.17) is 9.47 Å². The third-order valence-corrected chi connectivity index (χ3v) is 3.55. The molecule has 2 N–H and O–H groups in total. The largest absolute Gasteiger partial charge is 0.424 e. The van der Waals surface area contributed by atoms with E-state index >= 15 is 0 Å². The number of aromatic nitrogens is 2. The number of morpholine rings is 1. The molecule has 1 fully saturated rings. The molecule has 0 radical (unpaired) electrons. The van der Waals surface area contributed by atoms with Gasteiger partial charge in [0.05, 0.1) is 13.2 Å². The SMILES string of the molecule is Cc1ccnc(Oc2ccc(NC(=O)CC3COCCN3)cc2)n1.Cl. The molecule has 1 aromatic heterocycles. The molecule has 2 aromatic rings. The maximum atomic E-state index is 12.0. The number of ether oxygens (including phenoxy) is 2. The van der Waals surface area contributed by atoms with Crippen LogP contribution in [0.5, 0.6) is 11.8 Å². The van der Waals surface area contributed by atoms with Crippen molar-refractivity contribution in [2.45, 2.75) is 19.4 Å². The van der Waals surface area contributed by atoms with E-state index in [-0.39, 0.29) is 24.4 Å². The smallest absolute Gasteiger partial charge is 0.322 e. The molecular formula is C17H21ClN4O3. The van der Waals surface area contributed by atoms with Gasteiger partial charge in [-0.05, 0) is 37.3 Å². The van der Waals surface area contributed by atoms with Crippen LogP contribution in [0.25, 0.3) is 0 Å². The molecule has 0 aliphatic carbocycles. The second-order valence-electron chi connectivity index (χ2n) is 5.59. The highest BCUT2D eigenvalue weighted by atomic mass is 35.5. The lowest BCUT2D eigenvalue weighted by Gasteiger charge is -2.23. The molecule has 1 atom stereocenters. The van der Waals surface area contributed by atoms with Crippen LogP contribution in [0.4, 0.5) is 5.69 Å². The van der Waals surface area contributed by atoms with Gasteiger partial charge in [0, 0.05) is 36.6 Å². The summed E-state index contributed by atoms with van der Waals surface area (Å²) in [6.07, 6.45) is 2.03. The van der Waals surface area contributed by atoms with Crippen molar-refractivity contribution in [2.75, 3.05) is 25.1 Å². The second-order valence-corrected chi connectivity index (χ2v) is 5.59. The Balaban J connectivity index is 0.00000225. The van der Waals surface area contributed by atoms with Crippen LogP contribution in [0.15, 0.2) is 36.5 Å². The summed E-state index contributed by atoms with van der Waals surface area (Å²) in [5.74, 6) is 0.564. The zero-order chi connectivity index (χ0) is 16.8. The topological polar surface area (TPSA) is 85.4 Å². The van der Waals surface area contributed by atoms with Gasteiger partial charge in [0.1, 0.15) is 5.75 Å². The van der Waals surface area contributed by atoms with Gasteiger partial charge in [-0.3, -0.25) is 4.79 Å². The van der Waals surface area contributed by atoms with Gasteiger partial charge < -0.3 is 20.1 Å². The molecular weight excluding hydrogens is 344 g/mol. The van der Waals surface area contributed by atoms with Crippen molar-refractivity contribution in [3.63, 3.8) is 0 Å². The summed E-state index contributed by atoms with van der Waals surface area (Å²) in [6, 6.07) is 9.28. The normalized spacial score (nSPS) is 16.6. The first kappa shape index (κ1) is 19.1. The highest BCUT2D eigenvalue weighted by Gasteiger charge is 2.16. The van der Waals surface area contributed by atoms with Crippen molar-refractivity contribution < 1.29 is 14.3 Å². The molecule has 25 heavy (non-hydrogen) atoms. The zero-order valence-corrected chi connectivity index (χ0v) is 14.7. The Morgan fingerprint density at radius 1 is 1.36 bits per heavy atom. The van der Waals surface area contributed by atoms with Crippen molar-refractivity contribution >= 4 is 24.0 Å². The molecule has 0 saturated carbocycles. The summed E-state index contributed by atoms with van der Waals surface area (Å²) in [5, 5.41) is 6.13. The van der Waals surface area contributed by atoms with Crippen molar-refractivity contribution in [1.29, 1.82) is 0 Å². The van der Waals surface area contributed by atoms with Gasteiger partial charge >= 0.3 is 6.01 Å². The van der Waals surface area contributed by atoms with E-state index in [1.54, 1.807) is 36.5 Å². The summed E-state index contributed by atoms with van der Waals surface area (Å²) in [4.78, 5) is 20.3. The molecule has 1 aromatic carbocycles. The molecule has 1 amide bonds. The monoisotopic (exact) mass is 364 g/mol. The van der Waals surface area contributed by atoms with E-state index in [1.165, 1.54) is 0 Å². The third kappa shape index (κ3) is 5.97. The lowest BCUT2D eigenvalue weighted by atomic mass is 10.2. The number of hydrogen-bond acceptors (Lipinski definition) is 6. The Hall–Kier alpha value is -2.22. The van der Waals surface area contributed by atoms with Gasteiger partial charge in [-0.1, -0.05) is 0 Å². The van der Waals surface area contributed by atoms with Crippen molar-refractivity contribution in [3.05, 3.63) is 42.2 Å². The van der Waals surface area contributed by atoms with Crippen molar-refractivity contribution in [2.24, 2.45) is 0 Å². The number of carbonyl (C=O) groups excluding carboxylic acids is 1. The van der Waals surface area contributed by atoms with E-state index in [9.17, 15) is 4.79 Å². The molecule has 0 bridgehead atoms. The molecule has 1 saturated heterocycles. The molecule has 2 heterocycles. The lowest BCUT2D eigenvalue weighted by Crippen LogP contribution is -2.43. The van der Waals surface area contributed by atoms with Gasteiger partial charge in [-0.2, -0.15) is 0 Å². The van der Waals surface area contributed by atoms with Crippen LogP contribution in [0.2, 0.25) is 0 Å². The number of rotatable bonds is 5. The average Bonchev–Trinajstić information content (AvgIpc) is 2.57. The first-order valence-electron chi connectivity index (χ1n) is 7.87. The zero-order valence-electron chi connectivity index (χ0n) is 13.9. The van der Waals surface area contributed by atoms with Crippen LogP contribution in [0, 0.1) is 6.92 Å². The predicted molar refractivity (Wildman–Crippen MR) is 96.4 cm³/mol. The van der Waals surface area contributed by atoms with Gasteiger partial charge in [-0.15, -0.1) is 12.4 Å². The molecule has 7 nitrogen and oxygen atoms in total. The number of amides is 1. The lowest BCUT2D eigenvalue weighted by molar-refractivity contribution is -0.117. The summed E-state index contributed by atoms with van der Waals surface area (Å²) in [6.45, 7) is 3.92. The fourth-order valence-electron chi connectivity index (χ4n) is 2.37. The molecule has 0 spiro atoms. The van der Waals surface area contributed by atoms with Crippen molar-refractivity contribution in [3.8, 4) is 11.8 Å². The van der Waals surface area contributed by atoms with Gasteiger partial charge in [0.15, 0.2) is 0 Å². The number of halogens is 1. The second kappa shape index (κ2) is 9.31. The quantitative estimate of drug-likeness (QED) is 0.846. The number of hydrogen-bond donors (Lipinski definition) is 2. The molecule has 134 valence electrons. The van der Waals surface area contributed by atoms with Crippen molar-refractivity contribution in [1.82, 2.24) is 15.3 Å². The molecule has 8 heteroatoms. The maximum absolute atomic E-state index is 12.0. The Kier molecular flexibility index (Phi) is 7.12. The Labute approximate surface area is 152 Å². The van der Waals surface area contributed by atoms with E-state index in [1.807, 2.05) is 6.92 Å². The van der Waals surface area contributed by atoms with Gasteiger partial charge in [-0.25, -0.2) is 9.97 Å². The van der Waals surface area contributed by atoms with E-state index in [0.717, 1.165) is 12.2 Å². The summed E-state index contributed by atoms with van der Waals surface area (Å²) in [5.41, 5.74) is 1.55.